The van der Waals surface area contributed by atoms with Gasteiger partial charge in [0.15, 0.2) is 0 Å². The van der Waals surface area contributed by atoms with E-state index in [9.17, 15) is 4.79 Å². The molecule has 4 N–H and O–H groups in total. The van der Waals surface area contributed by atoms with E-state index < -0.39 is 6.09 Å². The van der Waals surface area contributed by atoms with Crippen molar-refractivity contribution in [2.24, 2.45) is 5.73 Å². The van der Waals surface area contributed by atoms with Crippen LogP contribution in [-0.2, 0) is 0 Å². The fraction of sp³-hybridized carbons (Fsp3) is 0.857. The second-order valence-electron chi connectivity index (χ2n) is 3.00. The Morgan fingerprint density at radius 1 is 1.45 bits per heavy atom. The van der Waals surface area contributed by atoms with Gasteiger partial charge in [0.05, 0.1) is 0 Å². The van der Waals surface area contributed by atoms with E-state index in [4.69, 9.17) is 10.8 Å². The standard InChI is InChI=1S/C7H14N2O2/c8-5-3-1-2-4-6(5)9-7(10)11/h5-6,9H,1-4,8H2,(H,10,11). The molecule has 1 fully saturated rings. The molecule has 0 aliphatic heterocycles. The van der Waals surface area contributed by atoms with E-state index >= 15 is 0 Å². The van der Waals surface area contributed by atoms with E-state index in [1.165, 1.54) is 0 Å². The molecule has 2 atom stereocenters. The van der Waals surface area contributed by atoms with Crippen LogP contribution >= 0.6 is 0 Å². The Kier molecular flexibility index (Phi) is 2.70. The average molecular weight is 158 g/mol. The molecule has 1 aliphatic rings. The van der Waals surface area contributed by atoms with Gasteiger partial charge in [0.1, 0.15) is 0 Å². The Morgan fingerprint density at radius 2 is 2.09 bits per heavy atom. The van der Waals surface area contributed by atoms with E-state index in [1.807, 2.05) is 0 Å². The average Bonchev–Trinajstić information content (AvgIpc) is 1.93. The molecular formula is C7H14N2O2. The summed E-state index contributed by atoms with van der Waals surface area (Å²) in [7, 11) is 0. The molecule has 0 radical (unpaired) electrons. The highest BCUT2D eigenvalue weighted by Crippen LogP contribution is 2.16. The highest BCUT2D eigenvalue weighted by atomic mass is 16.4. The van der Waals surface area contributed by atoms with E-state index in [1.54, 1.807) is 0 Å². The minimum Gasteiger partial charge on any atom is -0.465 e. The number of amides is 1. The lowest BCUT2D eigenvalue weighted by Crippen LogP contribution is -2.48. The van der Waals surface area contributed by atoms with Crippen LogP contribution in [0.1, 0.15) is 25.7 Å². The second kappa shape index (κ2) is 3.57. The lowest BCUT2D eigenvalue weighted by atomic mass is 9.91. The molecule has 0 spiro atoms. The highest BCUT2D eigenvalue weighted by molar-refractivity contribution is 5.64. The number of carboxylic acid groups (broad SMARTS) is 1. The molecule has 2 unspecified atom stereocenters. The van der Waals surface area contributed by atoms with Gasteiger partial charge < -0.3 is 16.2 Å². The van der Waals surface area contributed by atoms with Crippen molar-refractivity contribution in [3.63, 3.8) is 0 Å². The normalized spacial score (nSPS) is 31.4. The van der Waals surface area contributed by atoms with Gasteiger partial charge in [-0.2, -0.15) is 0 Å². The van der Waals surface area contributed by atoms with Gasteiger partial charge in [0, 0.05) is 12.1 Å². The molecule has 0 saturated heterocycles. The first-order valence-electron chi connectivity index (χ1n) is 3.95. The summed E-state index contributed by atoms with van der Waals surface area (Å²) in [5.74, 6) is 0. The van der Waals surface area contributed by atoms with Gasteiger partial charge in [-0.15, -0.1) is 0 Å². The quantitative estimate of drug-likeness (QED) is 0.521. The smallest absolute Gasteiger partial charge is 0.404 e. The Hall–Kier alpha value is -0.770. The van der Waals surface area contributed by atoms with E-state index in [0.717, 1.165) is 25.7 Å². The fourth-order valence-electron chi connectivity index (χ4n) is 1.50. The maximum absolute atomic E-state index is 10.2. The van der Waals surface area contributed by atoms with Crippen molar-refractivity contribution in [1.82, 2.24) is 5.32 Å². The van der Waals surface area contributed by atoms with Crippen LogP contribution in [0.4, 0.5) is 4.79 Å². The van der Waals surface area contributed by atoms with Gasteiger partial charge >= 0.3 is 6.09 Å². The first-order valence-corrected chi connectivity index (χ1v) is 3.95. The molecule has 0 aromatic rings. The van der Waals surface area contributed by atoms with Crippen LogP contribution in [0.15, 0.2) is 0 Å². The lowest BCUT2D eigenvalue weighted by molar-refractivity contribution is 0.183. The molecule has 1 rings (SSSR count). The zero-order chi connectivity index (χ0) is 8.27. The van der Waals surface area contributed by atoms with Crippen LogP contribution in [0.5, 0.6) is 0 Å². The summed E-state index contributed by atoms with van der Waals surface area (Å²) in [6.45, 7) is 0. The van der Waals surface area contributed by atoms with E-state index in [-0.39, 0.29) is 12.1 Å². The van der Waals surface area contributed by atoms with Gasteiger partial charge in [-0.3, -0.25) is 0 Å². The summed E-state index contributed by atoms with van der Waals surface area (Å²) < 4.78 is 0. The maximum Gasteiger partial charge on any atom is 0.404 e. The first kappa shape index (κ1) is 8.33. The van der Waals surface area contributed by atoms with Crippen LogP contribution in [0.25, 0.3) is 0 Å². The molecule has 4 nitrogen and oxygen atoms in total. The molecule has 1 saturated carbocycles. The molecule has 11 heavy (non-hydrogen) atoms. The van der Waals surface area contributed by atoms with Crippen molar-refractivity contribution in [3.05, 3.63) is 0 Å². The maximum atomic E-state index is 10.2. The van der Waals surface area contributed by atoms with Crippen LogP contribution < -0.4 is 11.1 Å². The zero-order valence-corrected chi connectivity index (χ0v) is 6.42. The Morgan fingerprint density at radius 3 is 2.64 bits per heavy atom. The van der Waals surface area contributed by atoms with Gasteiger partial charge in [0.25, 0.3) is 0 Å². The van der Waals surface area contributed by atoms with Crippen molar-refractivity contribution in [3.8, 4) is 0 Å². The van der Waals surface area contributed by atoms with Gasteiger partial charge in [-0.25, -0.2) is 4.79 Å². The summed E-state index contributed by atoms with van der Waals surface area (Å²) >= 11 is 0. The predicted octanol–water partition coefficient (Wildman–Crippen LogP) is 0.524. The van der Waals surface area contributed by atoms with Gasteiger partial charge in [-0.05, 0) is 12.8 Å². The van der Waals surface area contributed by atoms with Crippen LogP contribution in [0.2, 0.25) is 0 Å². The fourth-order valence-corrected chi connectivity index (χ4v) is 1.50. The van der Waals surface area contributed by atoms with Crippen molar-refractivity contribution in [2.75, 3.05) is 0 Å². The Balaban J connectivity index is 2.35. The Labute approximate surface area is 65.8 Å². The van der Waals surface area contributed by atoms with Crippen molar-refractivity contribution < 1.29 is 9.90 Å². The van der Waals surface area contributed by atoms with Gasteiger partial charge in [0.2, 0.25) is 0 Å². The molecule has 4 heteroatoms. The third kappa shape index (κ3) is 2.38. The largest absolute Gasteiger partial charge is 0.465 e. The minimum absolute atomic E-state index is 0.0137. The highest BCUT2D eigenvalue weighted by Gasteiger charge is 2.22. The molecule has 1 amide bonds. The molecule has 0 aromatic carbocycles. The molecular weight excluding hydrogens is 144 g/mol. The van der Waals surface area contributed by atoms with Crippen molar-refractivity contribution >= 4 is 6.09 Å². The topological polar surface area (TPSA) is 75.3 Å². The van der Waals surface area contributed by atoms with Crippen LogP contribution in [0.3, 0.4) is 0 Å². The summed E-state index contributed by atoms with van der Waals surface area (Å²) in [5.41, 5.74) is 5.70. The molecule has 1 aliphatic carbocycles. The summed E-state index contributed by atoms with van der Waals surface area (Å²) in [6.07, 6.45) is 3.06. The molecule has 0 heterocycles. The number of nitrogens with two attached hydrogens (primary N) is 1. The third-order valence-corrected chi connectivity index (χ3v) is 2.13. The summed E-state index contributed by atoms with van der Waals surface area (Å²) in [4.78, 5) is 10.2. The lowest BCUT2D eigenvalue weighted by Gasteiger charge is -2.27. The number of carbonyl (C=O) groups is 1. The Bertz CT molecular complexity index is 149. The van der Waals surface area contributed by atoms with E-state index in [2.05, 4.69) is 5.32 Å². The number of hydrogen-bond acceptors (Lipinski definition) is 2. The summed E-state index contributed by atoms with van der Waals surface area (Å²) in [5, 5.41) is 10.8. The van der Waals surface area contributed by atoms with E-state index in [0.29, 0.717) is 0 Å². The number of nitrogens with one attached hydrogen (secondary N) is 1. The van der Waals surface area contributed by atoms with Crippen molar-refractivity contribution in [2.45, 2.75) is 37.8 Å². The SMILES string of the molecule is NC1CCCCC1NC(=O)O. The molecule has 0 bridgehead atoms. The van der Waals surface area contributed by atoms with Gasteiger partial charge in [-0.1, -0.05) is 12.8 Å². The molecule has 0 aromatic heterocycles. The first-order chi connectivity index (χ1) is 5.20. The zero-order valence-electron chi connectivity index (χ0n) is 6.42. The van der Waals surface area contributed by atoms with Crippen molar-refractivity contribution in [1.29, 1.82) is 0 Å². The molecule has 64 valence electrons. The predicted molar refractivity (Wildman–Crippen MR) is 41.4 cm³/mol. The minimum atomic E-state index is -0.965. The second-order valence-corrected chi connectivity index (χ2v) is 3.00. The van der Waals surface area contributed by atoms with Crippen LogP contribution in [-0.4, -0.2) is 23.3 Å². The van der Waals surface area contributed by atoms with Crippen LogP contribution in [0, 0.1) is 0 Å². The number of hydrogen-bond donors (Lipinski definition) is 3. The summed E-state index contributed by atoms with van der Waals surface area (Å²) in [6, 6.07) is -0.0129. The number of rotatable bonds is 1. The third-order valence-electron chi connectivity index (χ3n) is 2.13. The monoisotopic (exact) mass is 158 g/mol.